The van der Waals surface area contributed by atoms with Gasteiger partial charge in [0.05, 0.1) is 21.3 Å². The van der Waals surface area contributed by atoms with Gasteiger partial charge in [0.25, 0.3) is 0 Å². The Bertz CT molecular complexity index is 1450. The third-order valence-electron chi connectivity index (χ3n) is 6.18. The quantitative estimate of drug-likeness (QED) is 0.275. The lowest BCUT2D eigenvalue weighted by Crippen LogP contribution is -2.33. The van der Waals surface area contributed by atoms with Crippen LogP contribution in [0.25, 0.3) is 12.2 Å². The maximum absolute atomic E-state index is 13.5. The van der Waals surface area contributed by atoms with Crippen LogP contribution < -0.4 is 0 Å². The number of rotatable bonds is 5. The van der Waals surface area contributed by atoms with Crippen molar-refractivity contribution in [2.75, 3.05) is 0 Å². The van der Waals surface area contributed by atoms with Crippen molar-refractivity contribution < 1.29 is 24.9 Å². The molecule has 1 aliphatic carbocycles. The van der Waals surface area contributed by atoms with Crippen LogP contribution in [0.2, 0.25) is 0 Å². The summed E-state index contributed by atoms with van der Waals surface area (Å²) in [4.78, 5) is 34.6. The van der Waals surface area contributed by atoms with E-state index in [0.717, 1.165) is 24.3 Å². The fourth-order valence-electron chi connectivity index (χ4n) is 4.37. The second-order valence-corrected chi connectivity index (χ2v) is 8.59. The first kappa shape index (κ1) is 24.8. The molecule has 184 valence electrons. The number of carbonyl (C=O) groups excluding carboxylic acids is 1. The molecule has 37 heavy (non-hydrogen) atoms. The van der Waals surface area contributed by atoms with Gasteiger partial charge >= 0.3 is 11.4 Å². The molecule has 3 aromatic rings. The molecule has 0 amide bonds. The SMILES string of the molecule is N#CC1(c2ccccc2)C/C(=C\c2ccc(O)c([N+](=O)[O-])c2)C(=O)/C(=C/c2ccc(O)c([N+](=O)[O-])c2)C1. The average Bonchev–Trinajstić information content (AvgIpc) is 2.88. The molecule has 1 saturated carbocycles. The number of hydrogen-bond acceptors (Lipinski definition) is 8. The number of hydrogen-bond donors (Lipinski definition) is 2. The molecule has 3 aromatic carbocycles. The molecule has 10 heteroatoms. The van der Waals surface area contributed by atoms with E-state index in [0.29, 0.717) is 5.56 Å². The van der Waals surface area contributed by atoms with Crippen molar-refractivity contribution in [3.63, 3.8) is 0 Å². The van der Waals surface area contributed by atoms with E-state index in [1.165, 1.54) is 24.3 Å². The van der Waals surface area contributed by atoms with E-state index >= 15 is 0 Å². The molecule has 0 bridgehead atoms. The second-order valence-electron chi connectivity index (χ2n) is 8.59. The smallest absolute Gasteiger partial charge is 0.311 e. The summed E-state index contributed by atoms with van der Waals surface area (Å²) >= 11 is 0. The Hall–Kier alpha value is -5.30. The lowest BCUT2D eigenvalue weighted by Gasteiger charge is -2.33. The summed E-state index contributed by atoms with van der Waals surface area (Å²) in [7, 11) is 0. The zero-order valence-electron chi connectivity index (χ0n) is 19.2. The summed E-state index contributed by atoms with van der Waals surface area (Å²) in [5.41, 5.74) is -0.566. The van der Waals surface area contributed by atoms with Gasteiger partial charge in [0.1, 0.15) is 0 Å². The van der Waals surface area contributed by atoms with Crippen molar-refractivity contribution in [3.05, 3.63) is 115 Å². The lowest BCUT2D eigenvalue weighted by atomic mass is 9.66. The minimum absolute atomic E-state index is 0.0219. The minimum Gasteiger partial charge on any atom is -0.502 e. The molecule has 1 aliphatic rings. The molecule has 2 N–H and O–H groups in total. The molecule has 0 aliphatic heterocycles. The molecule has 0 aromatic heterocycles. The Kier molecular flexibility index (Phi) is 6.54. The number of phenols is 2. The van der Waals surface area contributed by atoms with Crippen LogP contribution in [0.3, 0.4) is 0 Å². The van der Waals surface area contributed by atoms with Gasteiger partial charge in [-0.05, 0) is 53.8 Å². The zero-order valence-corrected chi connectivity index (χ0v) is 19.2. The summed E-state index contributed by atoms with van der Waals surface area (Å²) in [5, 5.41) is 52.4. The Morgan fingerprint density at radius 1 is 0.811 bits per heavy atom. The second kappa shape index (κ2) is 9.75. The van der Waals surface area contributed by atoms with Crippen LogP contribution in [-0.2, 0) is 10.2 Å². The molecule has 4 rings (SSSR count). The normalized spacial score (nSPS) is 19.5. The highest BCUT2D eigenvalue weighted by atomic mass is 16.6. The van der Waals surface area contributed by atoms with Gasteiger partial charge in [-0.15, -0.1) is 0 Å². The number of nitrogens with zero attached hydrogens (tertiary/aromatic N) is 3. The minimum atomic E-state index is -1.15. The van der Waals surface area contributed by atoms with Gasteiger partial charge in [0.2, 0.25) is 0 Å². The largest absolute Gasteiger partial charge is 0.502 e. The molecular formula is C27H19N3O7. The number of nitro benzene ring substituents is 2. The topological polar surface area (TPSA) is 168 Å². The van der Waals surface area contributed by atoms with Gasteiger partial charge in [-0.25, -0.2) is 0 Å². The molecule has 0 spiro atoms. The van der Waals surface area contributed by atoms with Crippen LogP contribution in [0.5, 0.6) is 11.5 Å². The molecule has 10 nitrogen and oxygen atoms in total. The maximum Gasteiger partial charge on any atom is 0.311 e. The van der Waals surface area contributed by atoms with Crippen LogP contribution in [0.4, 0.5) is 11.4 Å². The molecule has 0 saturated heterocycles. The fraction of sp³-hybridized carbons (Fsp3) is 0.111. The predicted octanol–water partition coefficient (Wildman–Crippen LogP) is 5.21. The Balaban J connectivity index is 1.88. The molecule has 0 unspecified atom stereocenters. The van der Waals surface area contributed by atoms with Crippen LogP contribution in [-0.4, -0.2) is 25.8 Å². The number of phenolic OH excluding ortho intramolecular Hbond substituents is 2. The van der Waals surface area contributed by atoms with Gasteiger partial charge in [-0.1, -0.05) is 42.5 Å². The van der Waals surface area contributed by atoms with Gasteiger partial charge in [0.15, 0.2) is 17.3 Å². The number of nitriles is 1. The van der Waals surface area contributed by atoms with Gasteiger partial charge in [-0.2, -0.15) is 5.26 Å². The summed E-state index contributed by atoms with van der Waals surface area (Å²) in [5.74, 6) is -1.46. The van der Waals surface area contributed by atoms with Crippen molar-refractivity contribution >= 4 is 29.3 Å². The number of allylic oxidation sites excluding steroid dienone is 2. The highest BCUT2D eigenvalue weighted by molar-refractivity contribution is 6.14. The number of carbonyl (C=O) groups is 1. The van der Waals surface area contributed by atoms with Gasteiger partial charge in [-0.3, -0.25) is 25.0 Å². The average molecular weight is 497 g/mol. The first-order chi connectivity index (χ1) is 17.6. The number of benzene rings is 3. The number of ketones is 1. The van der Waals surface area contributed by atoms with Gasteiger partial charge < -0.3 is 10.2 Å². The van der Waals surface area contributed by atoms with Crippen molar-refractivity contribution in [2.45, 2.75) is 18.3 Å². The van der Waals surface area contributed by atoms with Crippen LogP contribution in [0, 0.1) is 31.6 Å². The standard InChI is InChI=1S/C27H19N3O7/c28-16-27(21-4-2-1-3-5-21)14-19(10-17-6-8-24(31)22(12-17)29(34)35)26(33)20(15-27)11-18-7-9-25(32)23(13-18)30(36)37/h1-13,31-32H,14-15H2/b19-10+,20-11+. The number of nitro groups is 2. The summed E-state index contributed by atoms with van der Waals surface area (Å²) in [6, 6.07) is 18.6. The fourth-order valence-corrected chi connectivity index (χ4v) is 4.37. The number of aromatic hydroxyl groups is 2. The van der Waals surface area contributed by atoms with Gasteiger partial charge in [0, 0.05) is 23.3 Å². The highest BCUT2D eigenvalue weighted by Crippen LogP contribution is 2.44. The Morgan fingerprint density at radius 2 is 1.27 bits per heavy atom. The van der Waals surface area contributed by atoms with Crippen LogP contribution in [0.1, 0.15) is 29.5 Å². The molecule has 0 atom stereocenters. The zero-order chi connectivity index (χ0) is 26.7. The molecular weight excluding hydrogens is 478 g/mol. The van der Waals surface area contributed by atoms with E-state index in [1.807, 2.05) is 0 Å². The monoisotopic (exact) mass is 497 g/mol. The van der Waals surface area contributed by atoms with E-state index < -0.39 is 43.9 Å². The number of Topliss-reactive ketones (excluding diaryl/α,β-unsaturated/α-hetero) is 1. The third kappa shape index (κ3) is 4.92. The maximum atomic E-state index is 13.5. The first-order valence-corrected chi connectivity index (χ1v) is 11.0. The van der Waals surface area contributed by atoms with Crippen LogP contribution >= 0.6 is 0 Å². The Morgan fingerprint density at radius 3 is 1.68 bits per heavy atom. The third-order valence-corrected chi connectivity index (χ3v) is 6.18. The predicted molar refractivity (Wildman–Crippen MR) is 133 cm³/mol. The summed E-state index contributed by atoms with van der Waals surface area (Å²) in [6.07, 6.45) is 2.92. The van der Waals surface area contributed by atoms with E-state index in [4.69, 9.17) is 0 Å². The molecule has 0 radical (unpaired) electrons. The summed E-state index contributed by atoms with van der Waals surface area (Å²) < 4.78 is 0. The van der Waals surface area contributed by atoms with E-state index in [9.17, 15) is 40.5 Å². The van der Waals surface area contributed by atoms with E-state index in [-0.39, 0.29) is 35.1 Å². The van der Waals surface area contributed by atoms with Crippen molar-refractivity contribution in [3.8, 4) is 17.6 Å². The first-order valence-electron chi connectivity index (χ1n) is 11.0. The molecule has 1 fully saturated rings. The summed E-state index contributed by atoms with van der Waals surface area (Å²) in [6.45, 7) is 0. The van der Waals surface area contributed by atoms with Crippen molar-refractivity contribution in [2.24, 2.45) is 0 Å². The van der Waals surface area contributed by atoms with E-state index in [2.05, 4.69) is 6.07 Å². The molecule has 0 heterocycles. The van der Waals surface area contributed by atoms with E-state index in [1.54, 1.807) is 30.3 Å². The van der Waals surface area contributed by atoms with Crippen LogP contribution in [0.15, 0.2) is 77.9 Å². The lowest BCUT2D eigenvalue weighted by molar-refractivity contribution is -0.386. The Labute approximate surface area is 210 Å². The van der Waals surface area contributed by atoms with Crippen molar-refractivity contribution in [1.82, 2.24) is 0 Å². The van der Waals surface area contributed by atoms with Crippen molar-refractivity contribution in [1.29, 1.82) is 5.26 Å². The highest BCUT2D eigenvalue weighted by Gasteiger charge is 2.42.